The molecular weight excluding hydrogens is 330 g/mol. The third-order valence-corrected chi connectivity index (χ3v) is 3.49. The lowest BCUT2D eigenvalue weighted by atomic mass is 10.1. The summed E-state index contributed by atoms with van der Waals surface area (Å²) in [5, 5.41) is 9.12. The summed E-state index contributed by atoms with van der Waals surface area (Å²) in [6.07, 6.45) is 19.6. The Labute approximate surface area is 146 Å². The molecule has 3 N–H and O–H groups in total. The maximum absolute atomic E-state index is 10.8. The van der Waals surface area contributed by atoms with Gasteiger partial charge in [-0.25, -0.2) is 9.78 Å². The van der Waals surface area contributed by atoms with Crippen LogP contribution in [0.25, 0.3) is 11.2 Å². The molecule has 2 aromatic heterocycles. The van der Waals surface area contributed by atoms with Crippen LogP contribution in [0.4, 0.5) is 0 Å². The number of nitrogens with one attached hydrogen (secondary N) is 2. The highest BCUT2D eigenvalue weighted by Gasteiger charge is 2.10. The van der Waals surface area contributed by atoms with Crippen LogP contribution in [0.5, 0.6) is 0 Å². The average molecular weight is 352 g/mol. The summed E-state index contributed by atoms with van der Waals surface area (Å²) in [6.45, 7) is 2.82. The van der Waals surface area contributed by atoms with E-state index in [2.05, 4.69) is 40.6 Å². The Morgan fingerprint density at radius 1 is 1.33 bits per heavy atom. The normalized spacial score (nSPS) is 15.7. The second-order valence-corrected chi connectivity index (χ2v) is 5.11. The Bertz CT molecular complexity index is 649. The molecule has 7 heteroatoms. The van der Waals surface area contributed by atoms with Crippen LogP contribution >= 0.6 is 11.6 Å². The van der Waals surface area contributed by atoms with Gasteiger partial charge in [0.05, 0.1) is 28.9 Å². The molecule has 0 aliphatic carbocycles. The molecule has 130 valence electrons. The topological polar surface area (TPSA) is 91.0 Å². The molecule has 24 heavy (non-hydrogen) atoms. The van der Waals surface area contributed by atoms with Gasteiger partial charge in [-0.1, -0.05) is 11.6 Å². The van der Waals surface area contributed by atoms with E-state index in [1.807, 2.05) is 0 Å². The van der Waals surface area contributed by atoms with Crippen molar-refractivity contribution >= 4 is 22.8 Å². The SMILES string of the molecule is C#C.C#C.Cc1nc2[nH]c(=O)[nH]c2cc1Cl.OC[C@@H]1CCCCO1. The molecular formula is C17H22ClN3O3. The highest BCUT2D eigenvalue weighted by atomic mass is 35.5. The molecule has 1 fully saturated rings. The van der Waals surface area contributed by atoms with Gasteiger partial charge in [0.15, 0.2) is 5.65 Å². The molecule has 0 spiro atoms. The zero-order valence-corrected chi connectivity index (χ0v) is 14.3. The molecule has 6 nitrogen and oxygen atoms in total. The van der Waals surface area contributed by atoms with E-state index in [9.17, 15) is 4.79 Å². The lowest BCUT2D eigenvalue weighted by Crippen LogP contribution is -2.22. The van der Waals surface area contributed by atoms with Crippen molar-refractivity contribution in [2.24, 2.45) is 0 Å². The highest BCUT2D eigenvalue weighted by Crippen LogP contribution is 2.16. The first-order valence-corrected chi connectivity index (χ1v) is 7.62. The molecule has 0 aromatic carbocycles. The van der Waals surface area contributed by atoms with Crippen molar-refractivity contribution in [1.82, 2.24) is 15.0 Å². The molecule has 0 bridgehead atoms. The number of pyridine rings is 1. The number of hydrogen-bond acceptors (Lipinski definition) is 4. The Hall–Kier alpha value is -2.25. The van der Waals surface area contributed by atoms with E-state index in [0.29, 0.717) is 21.9 Å². The second-order valence-electron chi connectivity index (χ2n) is 4.70. The van der Waals surface area contributed by atoms with E-state index < -0.39 is 0 Å². The van der Waals surface area contributed by atoms with E-state index in [1.54, 1.807) is 13.0 Å². The van der Waals surface area contributed by atoms with E-state index in [0.717, 1.165) is 19.4 Å². The fourth-order valence-corrected chi connectivity index (χ4v) is 2.14. The average Bonchev–Trinajstić information content (AvgIpc) is 2.99. The Morgan fingerprint density at radius 2 is 2.00 bits per heavy atom. The van der Waals surface area contributed by atoms with E-state index >= 15 is 0 Å². The summed E-state index contributed by atoms with van der Waals surface area (Å²) in [5.41, 5.74) is 1.62. The number of aliphatic hydroxyl groups excluding tert-OH is 1. The van der Waals surface area contributed by atoms with Crippen LogP contribution < -0.4 is 5.69 Å². The van der Waals surface area contributed by atoms with Crippen molar-refractivity contribution in [3.8, 4) is 25.7 Å². The van der Waals surface area contributed by atoms with Crippen LogP contribution in [0.2, 0.25) is 5.02 Å². The Kier molecular flexibility index (Phi) is 11.1. The number of aliphatic hydroxyl groups is 1. The summed E-state index contributed by atoms with van der Waals surface area (Å²) in [6, 6.07) is 1.68. The van der Waals surface area contributed by atoms with Gasteiger partial charge in [0.25, 0.3) is 0 Å². The second kappa shape index (κ2) is 12.2. The standard InChI is InChI=1S/C7H6ClN3O.C6H12O2.2C2H2/c1-3-4(8)2-5-6(9-3)11-7(12)10-5;7-5-6-3-1-2-4-8-6;2*1-2/h2H,1H3,(H2,9,10,11,12);6-7H,1-5H2;2*1-2H/t;6-;;/m.0../s1. The fourth-order valence-electron chi connectivity index (χ4n) is 1.98. The van der Waals surface area contributed by atoms with Crippen molar-refractivity contribution < 1.29 is 9.84 Å². The summed E-state index contributed by atoms with van der Waals surface area (Å²) >= 11 is 5.80. The molecule has 0 unspecified atom stereocenters. The third-order valence-electron chi connectivity index (χ3n) is 3.11. The Morgan fingerprint density at radius 3 is 2.50 bits per heavy atom. The first-order valence-electron chi connectivity index (χ1n) is 7.24. The van der Waals surface area contributed by atoms with Gasteiger partial charge in [0, 0.05) is 6.61 Å². The van der Waals surface area contributed by atoms with Gasteiger partial charge in [-0.05, 0) is 32.3 Å². The van der Waals surface area contributed by atoms with Crippen LogP contribution in [0.3, 0.4) is 0 Å². The zero-order valence-electron chi connectivity index (χ0n) is 13.6. The van der Waals surface area contributed by atoms with Crippen molar-refractivity contribution in [2.75, 3.05) is 13.2 Å². The summed E-state index contributed by atoms with van der Waals surface area (Å²) in [5.74, 6) is 0. The third kappa shape index (κ3) is 6.89. The molecule has 1 aliphatic rings. The summed E-state index contributed by atoms with van der Waals surface area (Å²) in [4.78, 5) is 20.0. The fraction of sp³-hybridized carbons (Fsp3) is 0.412. The molecule has 1 saturated heterocycles. The zero-order chi connectivity index (χ0) is 18.5. The van der Waals surface area contributed by atoms with Crippen LogP contribution in [0.1, 0.15) is 25.0 Å². The number of halogens is 1. The molecule has 1 atom stereocenters. The minimum Gasteiger partial charge on any atom is -0.394 e. The number of rotatable bonds is 1. The number of hydrogen-bond donors (Lipinski definition) is 3. The number of nitrogens with zero attached hydrogens (tertiary/aromatic N) is 1. The van der Waals surface area contributed by atoms with E-state index in [-0.39, 0.29) is 18.4 Å². The molecule has 0 saturated carbocycles. The first kappa shape index (κ1) is 21.8. The highest BCUT2D eigenvalue weighted by molar-refractivity contribution is 6.31. The summed E-state index contributed by atoms with van der Waals surface area (Å²) < 4.78 is 5.18. The van der Waals surface area contributed by atoms with Crippen LogP contribution in [0.15, 0.2) is 10.9 Å². The lowest BCUT2D eigenvalue weighted by molar-refractivity contribution is -0.0172. The van der Waals surface area contributed by atoms with E-state index in [1.165, 1.54) is 6.42 Å². The van der Waals surface area contributed by atoms with Gasteiger partial charge in [-0.3, -0.25) is 4.98 Å². The minimum absolute atomic E-state index is 0.142. The van der Waals surface area contributed by atoms with E-state index in [4.69, 9.17) is 21.4 Å². The predicted octanol–water partition coefficient (Wildman–Crippen LogP) is 2.26. The number of H-pyrrole nitrogens is 2. The van der Waals surface area contributed by atoms with Gasteiger partial charge >= 0.3 is 5.69 Å². The maximum atomic E-state index is 10.8. The molecule has 3 heterocycles. The van der Waals surface area contributed by atoms with Crippen molar-refractivity contribution in [3.63, 3.8) is 0 Å². The smallest absolute Gasteiger partial charge is 0.325 e. The number of aromatic amines is 2. The number of ether oxygens (including phenoxy) is 1. The number of aromatic nitrogens is 3. The van der Waals surface area contributed by atoms with Crippen molar-refractivity contribution in [3.05, 3.63) is 27.3 Å². The Balaban J connectivity index is 0.000000385. The molecule has 1 aliphatic heterocycles. The molecule has 3 rings (SSSR count). The predicted molar refractivity (Wildman–Crippen MR) is 96.9 cm³/mol. The molecule has 0 amide bonds. The van der Waals surface area contributed by atoms with Crippen LogP contribution in [0, 0.1) is 32.6 Å². The first-order chi connectivity index (χ1) is 11.6. The maximum Gasteiger partial charge on any atom is 0.325 e. The van der Waals surface area contributed by atoms with Crippen molar-refractivity contribution in [2.45, 2.75) is 32.3 Å². The van der Waals surface area contributed by atoms with Gasteiger partial charge in [0.1, 0.15) is 0 Å². The van der Waals surface area contributed by atoms with Crippen LogP contribution in [-0.2, 0) is 4.74 Å². The van der Waals surface area contributed by atoms with Gasteiger partial charge < -0.3 is 14.8 Å². The number of fused-ring (bicyclic) bond motifs is 1. The summed E-state index contributed by atoms with van der Waals surface area (Å²) in [7, 11) is 0. The number of imidazole rings is 1. The molecule has 0 radical (unpaired) electrons. The largest absolute Gasteiger partial charge is 0.394 e. The van der Waals surface area contributed by atoms with Crippen LogP contribution in [-0.4, -0.2) is 39.4 Å². The van der Waals surface area contributed by atoms with Gasteiger partial charge in [-0.15, -0.1) is 25.7 Å². The molecule has 2 aromatic rings. The van der Waals surface area contributed by atoms with Gasteiger partial charge in [-0.2, -0.15) is 0 Å². The quantitative estimate of drug-likeness (QED) is 0.687. The number of aryl methyl sites for hydroxylation is 1. The number of terminal acetylenes is 2. The monoisotopic (exact) mass is 351 g/mol. The minimum atomic E-state index is -0.265. The van der Waals surface area contributed by atoms with Crippen molar-refractivity contribution in [1.29, 1.82) is 0 Å². The lowest BCUT2D eigenvalue weighted by Gasteiger charge is -2.19. The van der Waals surface area contributed by atoms with Gasteiger partial charge in [0.2, 0.25) is 0 Å².